The predicted molar refractivity (Wildman–Crippen MR) is 129 cm³/mol. The molecule has 5 atom stereocenters. The molecule has 0 aliphatic heterocycles. The van der Waals surface area contributed by atoms with Gasteiger partial charge in [0.05, 0.1) is 23.3 Å². The molecule has 174 valence electrons. The number of unbranched alkanes of at least 4 members (excludes halogenated alkanes) is 1. The van der Waals surface area contributed by atoms with Gasteiger partial charge in [0.2, 0.25) is 0 Å². The molecule has 1 aromatic heterocycles. The summed E-state index contributed by atoms with van der Waals surface area (Å²) in [6.07, 6.45) is 9.07. The first kappa shape index (κ1) is 24.9. The van der Waals surface area contributed by atoms with Gasteiger partial charge in [0.25, 0.3) is 0 Å². The van der Waals surface area contributed by atoms with Gasteiger partial charge in [-0.15, -0.1) is 11.3 Å². The van der Waals surface area contributed by atoms with Crippen LogP contribution in [0.2, 0.25) is 5.02 Å². The quantitative estimate of drug-likeness (QED) is 0.270. The van der Waals surface area contributed by atoms with Gasteiger partial charge in [-0.2, -0.15) is 0 Å². The lowest BCUT2D eigenvalue weighted by atomic mass is 9.89. The summed E-state index contributed by atoms with van der Waals surface area (Å²) in [5, 5.41) is 41.6. The maximum atomic E-state index is 10.6. The predicted octanol–water partition coefficient (Wildman–Crippen LogP) is 4.96. The van der Waals surface area contributed by atoms with E-state index in [1.165, 1.54) is 0 Å². The SMILES string of the molecule is O=C(O)CCCC=CC[C@@H]1[C@@H](C=C[C@H](O)CCc2sc3ccccc3c2Cl)[C@@H](O)C[C@@H]1O. The van der Waals surface area contributed by atoms with Crippen molar-refractivity contribution in [1.82, 2.24) is 0 Å². The first-order chi connectivity index (χ1) is 15.4. The Morgan fingerprint density at radius 3 is 2.75 bits per heavy atom. The summed E-state index contributed by atoms with van der Waals surface area (Å²) in [5.41, 5.74) is 0. The molecular formula is C25H31ClO5S. The molecule has 0 amide bonds. The second-order valence-corrected chi connectivity index (χ2v) is 9.95. The van der Waals surface area contributed by atoms with E-state index in [0.717, 1.165) is 20.0 Å². The molecule has 1 saturated carbocycles. The maximum absolute atomic E-state index is 10.6. The average molecular weight is 479 g/mol. The highest BCUT2D eigenvalue weighted by atomic mass is 35.5. The first-order valence-electron chi connectivity index (χ1n) is 11.1. The Hall–Kier alpha value is -1.70. The van der Waals surface area contributed by atoms with Crippen molar-refractivity contribution in [1.29, 1.82) is 0 Å². The Balaban J connectivity index is 1.52. The fraction of sp³-hybridized carbons (Fsp3) is 0.480. The topological polar surface area (TPSA) is 98.0 Å². The summed E-state index contributed by atoms with van der Waals surface area (Å²) in [6, 6.07) is 7.99. The lowest BCUT2D eigenvalue weighted by Crippen LogP contribution is -2.20. The van der Waals surface area contributed by atoms with Gasteiger partial charge in [-0.25, -0.2) is 0 Å². The molecule has 0 bridgehead atoms. The number of thiophene rings is 1. The number of halogens is 1. The van der Waals surface area contributed by atoms with Crippen LogP contribution in [-0.4, -0.2) is 44.7 Å². The van der Waals surface area contributed by atoms with Crippen LogP contribution in [0.15, 0.2) is 48.6 Å². The van der Waals surface area contributed by atoms with Gasteiger partial charge in [-0.3, -0.25) is 4.79 Å². The number of benzene rings is 1. The zero-order valence-corrected chi connectivity index (χ0v) is 19.5. The molecule has 2 aromatic rings. The molecule has 0 radical (unpaired) electrons. The smallest absolute Gasteiger partial charge is 0.303 e. The van der Waals surface area contributed by atoms with Crippen LogP contribution in [0.1, 0.15) is 43.4 Å². The summed E-state index contributed by atoms with van der Waals surface area (Å²) >= 11 is 8.13. The highest BCUT2D eigenvalue weighted by molar-refractivity contribution is 7.19. The van der Waals surface area contributed by atoms with E-state index < -0.39 is 24.3 Å². The highest BCUT2D eigenvalue weighted by Crippen LogP contribution is 2.37. The number of rotatable bonds is 11. The van der Waals surface area contributed by atoms with E-state index in [-0.39, 0.29) is 18.3 Å². The van der Waals surface area contributed by atoms with E-state index >= 15 is 0 Å². The van der Waals surface area contributed by atoms with E-state index in [0.29, 0.717) is 38.5 Å². The normalized spacial score (nSPS) is 24.8. The minimum Gasteiger partial charge on any atom is -0.481 e. The largest absolute Gasteiger partial charge is 0.481 e. The fourth-order valence-electron chi connectivity index (χ4n) is 4.31. The Morgan fingerprint density at radius 1 is 1.22 bits per heavy atom. The molecule has 1 aromatic carbocycles. The number of fused-ring (bicyclic) bond motifs is 1. The molecule has 1 heterocycles. The van der Waals surface area contributed by atoms with Crippen molar-refractivity contribution in [3.63, 3.8) is 0 Å². The van der Waals surface area contributed by atoms with Crippen molar-refractivity contribution in [2.24, 2.45) is 11.8 Å². The van der Waals surface area contributed by atoms with Crippen molar-refractivity contribution in [2.75, 3.05) is 0 Å². The van der Waals surface area contributed by atoms with Gasteiger partial charge >= 0.3 is 5.97 Å². The number of aliphatic hydroxyl groups is 3. The molecule has 4 N–H and O–H groups in total. The van der Waals surface area contributed by atoms with Crippen LogP contribution in [0, 0.1) is 11.8 Å². The minimum absolute atomic E-state index is 0.124. The molecular weight excluding hydrogens is 448 g/mol. The number of aliphatic hydroxyl groups excluding tert-OH is 3. The molecule has 1 aliphatic rings. The standard InChI is InChI=1S/C25H31ClO5S/c26-25-19-8-5-6-9-22(19)32-23(25)14-12-16(27)11-13-18-17(20(28)15-21(18)29)7-3-1-2-4-10-24(30)31/h1,3,5-6,8-9,11,13,16-18,20-21,27-29H,2,4,7,10,12,14-15H2,(H,30,31)/t16-,17+,18+,20-,21-/m0/s1. The van der Waals surface area contributed by atoms with Crippen LogP contribution in [0.5, 0.6) is 0 Å². The van der Waals surface area contributed by atoms with E-state index in [4.69, 9.17) is 16.7 Å². The summed E-state index contributed by atoms with van der Waals surface area (Å²) in [7, 11) is 0. The molecule has 3 rings (SSSR count). The van der Waals surface area contributed by atoms with Crippen molar-refractivity contribution in [2.45, 2.75) is 63.3 Å². The highest BCUT2D eigenvalue weighted by Gasteiger charge is 2.39. The van der Waals surface area contributed by atoms with Crippen LogP contribution in [-0.2, 0) is 11.2 Å². The number of aryl methyl sites for hydroxylation is 1. The minimum atomic E-state index is -0.800. The summed E-state index contributed by atoms with van der Waals surface area (Å²) in [6.45, 7) is 0. The zero-order valence-electron chi connectivity index (χ0n) is 17.9. The second-order valence-electron chi connectivity index (χ2n) is 8.43. The number of allylic oxidation sites excluding steroid dienone is 2. The molecule has 7 heteroatoms. The fourth-order valence-corrected chi connectivity index (χ4v) is 5.85. The monoisotopic (exact) mass is 478 g/mol. The van der Waals surface area contributed by atoms with Gasteiger partial charge in [0.15, 0.2) is 0 Å². The van der Waals surface area contributed by atoms with Gasteiger partial charge in [-0.1, -0.05) is 54.1 Å². The number of carbonyl (C=O) groups is 1. The van der Waals surface area contributed by atoms with E-state index in [9.17, 15) is 20.1 Å². The number of hydrogen-bond acceptors (Lipinski definition) is 5. The van der Waals surface area contributed by atoms with Crippen LogP contribution in [0.4, 0.5) is 0 Å². The van der Waals surface area contributed by atoms with Crippen molar-refractivity contribution in [3.05, 3.63) is 58.5 Å². The van der Waals surface area contributed by atoms with E-state index in [2.05, 4.69) is 0 Å². The van der Waals surface area contributed by atoms with Crippen LogP contribution in [0.3, 0.4) is 0 Å². The summed E-state index contributed by atoms with van der Waals surface area (Å²) < 4.78 is 1.14. The lowest BCUT2D eigenvalue weighted by Gasteiger charge is -2.19. The van der Waals surface area contributed by atoms with E-state index in [1.807, 2.05) is 42.5 Å². The zero-order chi connectivity index (χ0) is 23.1. The Bertz CT molecular complexity index is 953. The van der Waals surface area contributed by atoms with Gasteiger partial charge in [0.1, 0.15) is 0 Å². The molecule has 0 unspecified atom stereocenters. The number of aliphatic carboxylic acids is 1. The van der Waals surface area contributed by atoms with Crippen molar-refractivity contribution >= 4 is 39.0 Å². The number of carboxylic acid groups (broad SMARTS) is 1. The molecule has 1 fully saturated rings. The van der Waals surface area contributed by atoms with Gasteiger partial charge in [0, 0.05) is 33.7 Å². The van der Waals surface area contributed by atoms with Crippen LogP contribution >= 0.6 is 22.9 Å². The number of hydrogen-bond donors (Lipinski definition) is 4. The Kier molecular flexibility index (Phi) is 9.32. The first-order valence-corrected chi connectivity index (χ1v) is 12.3. The Morgan fingerprint density at radius 2 is 2.00 bits per heavy atom. The second kappa shape index (κ2) is 12.0. The molecule has 0 spiro atoms. The third-order valence-electron chi connectivity index (χ3n) is 6.08. The molecule has 1 aliphatic carbocycles. The third kappa shape index (κ3) is 6.65. The molecule has 0 saturated heterocycles. The molecule has 32 heavy (non-hydrogen) atoms. The van der Waals surface area contributed by atoms with E-state index in [1.54, 1.807) is 17.4 Å². The van der Waals surface area contributed by atoms with Crippen molar-refractivity contribution in [3.8, 4) is 0 Å². The lowest BCUT2D eigenvalue weighted by molar-refractivity contribution is -0.137. The Labute approximate surface area is 197 Å². The summed E-state index contributed by atoms with van der Waals surface area (Å²) in [5.74, 6) is -1.15. The average Bonchev–Trinajstić information content (AvgIpc) is 3.22. The van der Waals surface area contributed by atoms with Crippen LogP contribution in [0.25, 0.3) is 10.1 Å². The number of carboxylic acids is 1. The van der Waals surface area contributed by atoms with Crippen LogP contribution < -0.4 is 0 Å². The van der Waals surface area contributed by atoms with Crippen molar-refractivity contribution < 1.29 is 25.2 Å². The summed E-state index contributed by atoms with van der Waals surface area (Å²) in [4.78, 5) is 11.6. The third-order valence-corrected chi connectivity index (χ3v) is 7.85. The maximum Gasteiger partial charge on any atom is 0.303 e. The van der Waals surface area contributed by atoms with Gasteiger partial charge < -0.3 is 20.4 Å². The molecule has 5 nitrogen and oxygen atoms in total. The van der Waals surface area contributed by atoms with Gasteiger partial charge in [-0.05, 0) is 44.1 Å².